The molecule has 0 aliphatic rings. The van der Waals surface area contributed by atoms with Gasteiger partial charge in [-0.15, -0.1) is 0 Å². The zero-order valence-electron chi connectivity index (χ0n) is 9.91. The van der Waals surface area contributed by atoms with Crippen LogP contribution in [-0.2, 0) is 0 Å². The molecule has 0 bridgehead atoms. The van der Waals surface area contributed by atoms with E-state index in [4.69, 9.17) is 27.5 Å². The van der Waals surface area contributed by atoms with Crippen LogP contribution >= 0.6 is 11.6 Å². The summed E-state index contributed by atoms with van der Waals surface area (Å²) < 4.78 is 5.39. The van der Waals surface area contributed by atoms with Crippen LogP contribution in [0.15, 0.2) is 30.6 Å². The summed E-state index contributed by atoms with van der Waals surface area (Å²) in [4.78, 5) is 17.8. The Kier molecular flexibility index (Phi) is 3.76. The number of rotatable bonds is 4. The summed E-state index contributed by atoms with van der Waals surface area (Å²) >= 11 is 5.89. The molecule has 1 heterocycles. The number of nitrogens with zero attached hydrogens (tertiary/aromatic N) is 3. The van der Waals surface area contributed by atoms with Crippen molar-refractivity contribution in [1.29, 1.82) is 5.41 Å². The van der Waals surface area contributed by atoms with Gasteiger partial charge in [0.1, 0.15) is 11.6 Å². The molecule has 1 aromatic carbocycles. The first-order valence-corrected chi connectivity index (χ1v) is 5.64. The molecule has 0 radical (unpaired) electrons. The van der Waals surface area contributed by atoms with Gasteiger partial charge in [0.2, 0.25) is 5.88 Å². The number of non-ortho nitro benzene ring substituents is 1. The molecule has 0 aliphatic carbocycles. The number of halogens is 1. The third-order valence-electron chi connectivity index (χ3n) is 2.25. The molecule has 0 atom stereocenters. The van der Waals surface area contributed by atoms with Crippen molar-refractivity contribution >= 4 is 23.1 Å². The highest BCUT2D eigenvalue weighted by molar-refractivity contribution is 6.32. The van der Waals surface area contributed by atoms with E-state index >= 15 is 0 Å². The number of nitrogens with one attached hydrogen (secondary N) is 1. The van der Waals surface area contributed by atoms with Crippen molar-refractivity contribution in [3.8, 4) is 11.6 Å². The lowest BCUT2D eigenvalue weighted by molar-refractivity contribution is -0.384. The summed E-state index contributed by atoms with van der Waals surface area (Å²) in [5, 5.41) is 18.0. The van der Waals surface area contributed by atoms with E-state index < -0.39 is 4.92 Å². The average molecular weight is 294 g/mol. The summed E-state index contributed by atoms with van der Waals surface area (Å²) in [6.07, 6.45) is 2.72. The van der Waals surface area contributed by atoms with E-state index in [1.165, 1.54) is 24.5 Å². The van der Waals surface area contributed by atoms with E-state index in [0.717, 1.165) is 6.07 Å². The maximum atomic E-state index is 10.6. The van der Waals surface area contributed by atoms with Gasteiger partial charge in [0.25, 0.3) is 5.69 Å². The Balaban J connectivity index is 2.36. The second-order valence-electron chi connectivity index (χ2n) is 3.60. The molecule has 2 rings (SSSR count). The maximum absolute atomic E-state index is 10.6. The van der Waals surface area contributed by atoms with Crippen LogP contribution in [-0.4, -0.2) is 20.7 Å². The molecule has 0 aliphatic heterocycles. The molecule has 102 valence electrons. The molecule has 0 saturated carbocycles. The summed E-state index contributed by atoms with van der Waals surface area (Å²) in [7, 11) is 0. The lowest BCUT2D eigenvalue weighted by Crippen LogP contribution is -2.15. The third kappa shape index (κ3) is 2.81. The second-order valence-corrected chi connectivity index (χ2v) is 4.00. The zero-order chi connectivity index (χ0) is 14.7. The molecule has 0 spiro atoms. The summed E-state index contributed by atoms with van der Waals surface area (Å²) in [6, 6.07) is 3.73. The van der Waals surface area contributed by atoms with E-state index in [9.17, 15) is 10.1 Å². The molecule has 8 nitrogen and oxygen atoms in total. The molecule has 2 aromatic rings. The number of hydrogen-bond acceptors (Lipinski definition) is 6. The van der Waals surface area contributed by atoms with Crippen molar-refractivity contribution in [1.82, 2.24) is 9.97 Å². The van der Waals surface area contributed by atoms with Gasteiger partial charge in [0, 0.05) is 24.5 Å². The van der Waals surface area contributed by atoms with Crippen LogP contribution < -0.4 is 10.5 Å². The SMILES string of the molecule is N=C(N)c1nccnc1Oc1ccc([N+](=O)[O-])cc1Cl. The largest absolute Gasteiger partial charge is 0.435 e. The minimum absolute atomic E-state index is 0.00393. The molecule has 1 aromatic heterocycles. The number of ether oxygens (including phenoxy) is 1. The third-order valence-corrected chi connectivity index (χ3v) is 2.55. The van der Waals surface area contributed by atoms with Gasteiger partial charge in [-0.2, -0.15) is 0 Å². The Labute approximate surface area is 117 Å². The fourth-order valence-corrected chi connectivity index (χ4v) is 1.59. The monoisotopic (exact) mass is 293 g/mol. The first-order valence-electron chi connectivity index (χ1n) is 5.26. The first-order chi connectivity index (χ1) is 9.49. The lowest BCUT2D eigenvalue weighted by Gasteiger charge is -2.08. The first kappa shape index (κ1) is 13.7. The van der Waals surface area contributed by atoms with Gasteiger partial charge in [-0.05, 0) is 6.07 Å². The van der Waals surface area contributed by atoms with Crippen LogP contribution in [0.5, 0.6) is 11.6 Å². The summed E-state index contributed by atoms with van der Waals surface area (Å²) in [6.45, 7) is 0. The maximum Gasteiger partial charge on any atom is 0.271 e. The number of nitro groups is 1. The van der Waals surface area contributed by atoms with Crippen molar-refractivity contribution in [2.24, 2.45) is 5.73 Å². The number of hydrogen-bond donors (Lipinski definition) is 2. The van der Waals surface area contributed by atoms with E-state index in [0.29, 0.717) is 0 Å². The molecule has 0 fully saturated rings. The van der Waals surface area contributed by atoms with Gasteiger partial charge >= 0.3 is 0 Å². The molecule has 20 heavy (non-hydrogen) atoms. The smallest absolute Gasteiger partial charge is 0.271 e. The van der Waals surface area contributed by atoms with Gasteiger partial charge < -0.3 is 10.5 Å². The highest BCUT2D eigenvalue weighted by atomic mass is 35.5. The van der Waals surface area contributed by atoms with Crippen LogP contribution in [0.4, 0.5) is 5.69 Å². The van der Waals surface area contributed by atoms with Gasteiger partial charge in [0.15, 0.2) is 5.69 Å². The second kappa shape index (κ2) is 5.49. The number of aromatic nitrogens is 2. The minimum Gasteiger partial charge on any atom is -0.435 e. The molecule has 3 N–H and O–H groups in total. The normalized spacial score (nSPS) is 10.1. The fraction of sp³-hybridized carbons (Fsp3) is 0. The van der Waals surface area contributed by atoms with E-state index in [-0.39, 0.29) is 33.9 Å². The Morgan fingerprint density at radius 2 is 2.10 bits per heavy atom. The number of benzene rings is 1. The highest BCUT2D eigenvalue weighted by Gasteiger charge is 2.15. The van der Waals surface area contributed by atoms with Crippen LogP contribution in [0.2, 0.25) is 5.02 Å². The molecule has 0 amide bonds. The van der Waals surface area contributed by atoms with Gasteiger partial charge in [-0.3, -0.25) is 15.5 Å². The molecule has 0 saturated heterocycles. The van der Waals surface area contributed by atoms with E-state index in [1.54, 1.807) is 0 Å². The fourth-order valence-electron chi connectivity index (χ4n) is 1.37. The Morgan fingerprint density at radius 3 is 2.70 bits per heavy atom. The lowest BCUT2D eigenvalue weighted by atomic mass is 10.3. The molecule has 0 unspecified atom stereocenters. The van der Waals surface area contributed by atoms with Crippen LogP contribution in [0, 0.1) is 15.5 Å². The van der Waals surface area contributed by atoms with Gasteiger partial charge in [0.05, 0.1) is 9.95 Å². The van der Waals surface area contributed by atoms with Crippen LogP contribution in [0.3, 0.4) is 0 Å². The van der Waals surface area contributed by atoms with Crippen LogP contribution in [0.25, 0.3) is 0 Å². The molecular weight excluding hydrogens is 286 g/mol. The quantitative estimate of drug-likeness (QED) is 0.384. The Bertz CT molecular complexity index is 692. The number of nitrogens with two attached hydrogens (primary N) is 1. The molecular formula is C11H8ClN5O3. The average Bonchev–Trinajstić information content (AvgIpc) is 2.41. The zero-order valence-corrected chi connectivity index (χ0v) is 10.7. The number of amidine groups is 1. The predicted molar refractivity (Wildman–Crippen MR) is 71.2 cm³/mol. The van der Waals surface area contributed by atoms with Crippen molar-refractivity contribution in [2.45, 2.75) is 0 Å². The number of nitro benzene ring substituents is 1. The minimum atomic E-state index is -0.570. The van der Waals surface area contributed by atoms with Crippen molar-refractivity contribution < 1.29 is 9.66 Å². The number of nitrogen functional groups attached to an aromatic ring is 1. The predicted octanol–water partition coefficient (Wildman–Crippen LogP) is 2.11. The van der Waals surface area contributed by atoms with Crippen molar-refractivity contribution in [3.63, 3.8) is 0 Å². The summed E-state index contributed by atoms with van der Waals surface area (Å²) in [5.74, 6) is -0.165. The van der Waals surface area contributed by atoms with Gasteiger partial charge in [-0.25, -0.2) is 9.97 Å². The summed E-state index contributed by atoms with van der Waals surface area (Å²) in [5.41, 5.74) is 5.25. The van der Waals surface area contributed by atoms with E-state index in [2.05, 4.69) is 9.97 Å². The van der Waals surface area contributed by atoms with Gasteiger partial charge in [-0.1, -0.05) is 11.6 Å². The Morgan fingerprint density at radius 1 is 1.40 bits per heavy atom. The van der Waals surface area contributed by atoms with Crippen molar-refractivity contribution in [3.05, 3.63) is 51.4 Å². The molecule has 9 heteroatoms. The highest BCUT2D eigenvalue weighted by Crippen LogP contribution is 2.32. The van der Waals surface area contributed by atoms with Crippen LogP contribution in [0.1, 0.15) is 5.69 Å². The van der Waals surface area contributed by atoms with Crippen molar-refractivity contribution in [2.75, 3.05) is 0 Å². The Hall–Kier alpha value is -2.74. The van der Waals surface area contributed by atoms with E-state index in [1.807, 2.05) is 0 Å². The topological polar surface area (TPSA) is 128 Å². The standard InChI is InChI=1S/C11H8ClN5O3/c12-7-5-6(17(18)19)1-2-8(7)20-11-9(10(13)14)15-3-4-16-11/h1-5H,(H3,13,14).